The van der Waals surface area contributed by atoms with Crippen molar-refractivity contribution >= 4 is 11.8 Å². The molecule has 1 fully saturated rings. The van der Waals surface area contributed by atoms with Gasteiger partial charge in [0, 0.05) is 90.0 Å². The maximum absolute atomic E-state index is 13.2. The zero-order valence-corrected chi connectivity index (χ0v) is 36.6. The van der Waals surface area contributed by atoms with Gasteiger partial charge in [-0.05, 0) is 106 Å². The fourth-order valence-corrected chi connectivity index (χ4v) is 8.04. The maximum atomic E-state index is 13.2. The lowest BCUT2D eigenvalue weighted by Gasteiger charge is -2.25. The summed E-state index contributed by atoms with van der Waals surface area (Å²) in [5, 5.41) is 6.27. The SMILES string of the molecule is O=C1CCN(Cc2ccc(-c3cc(-c4ccccn4)nc(-c4ccccn4)c3)cc2)CCNC(=O)CCN(Cc2ccc(-c3cc(-c4ccccn4)nc(-c4ccccn4)c3)cc2)CCN1. The second-order valence-electron chi connectivity index (χ2n) is 16.3. The van der Waals surface area contributed by atoms with Gasteiger partial charge in [-0.2, -0.15) is 0 Å². The van der Waals surface area contributed by atoms with Crippen LogP contribution in [0.2, 0.25) is 0 Å². The van der Waals surface area contributed by atoms with Crippen LogP contribution in [-0.4, -0.2) is 90.8 Å². The van der Waals surface area contributed by atoms with Crippen LogP contribution in [0.5, 0.6) is 0 Å². The first kappa shape index (κ1) is 43.5. The molecule has 12 heteroatoms. The number of nitrogens with zero attached hydrogens (tertiary/aromatic N) is 8. The minimum absolute atomic E-state index is 0.0124. The number of benzene rings is 2. The molecule has 0 bridgehead atoms. The van der Waals surface area contributed by atoms with Gasteiger partial charge in [0.05, 0.1) is 45.6 Å². The van der Waals surface area contributed by atoms with Gasteiger partial charge in [0.25, 0.3) is 0 Å². The lowest BCUT2D eigenvalue weighted by molar-refractivity contribution is -0.123. The highest BCUT2D eigenvalue weighted by Gasteiger charge is 2.17. The Balaban J connectivity index is 0.825. The molecular formula is C54H50N10O2. The molecule has 0 saturated carbocycles. The normalized spacial score (nSPS) is 14.5. The summed E-state index contributed by atoms with van der Waals surface area (Å²) in [5.41, 5.74) is 12.6. The summed E-state index contributed by atoms with van der Waals surface area (Å²) < 4.78 is 0. The van der Waals surface area contributed by atoms with Gasteiger partial charge in [0.2, 0.25) is 11.8 Å². The van der Waals surface area contributed by atoms with E-state index in [0.717, 1.165) is 78.9 Å². The van der Waals surface area contributed by atoms with Crippen molar-refractivity contribution in [3.63, 3.8) is 0 Å². The number of aromatic nitrogens is 6. The van der Waals surface area contributed by atoms with E-state index >= 15 is 0 Å². The Hall–Kier alpha value is -7.80. The van der Waals surface area contributed by atoms with Crippen LogP contribution in [0.15, 0.2) is 170 Å². The average Bonchev–Trinajstić information content (AvgIpc) is 3.38. The molecule has 7 heterocycles. The lowest BCUT2D eigenvalue weighted by Crippen LogP contribution is -2.41. The van der Waals surface area contributed by atoms with E-state index < -0.39 is 0 Å². The van der Waals surface area contributed by atoms with Gasteiger partial charge < -0.3 is 10.6 Å². The minimum Gasteiger partial charge on any atom is -0.355 e. The molecule has 0 unspecified atom stereocenters. The van der Waals surface area contributed by atoms with Gasteiger partial charge in [0.15, 0.2) is 0 Å². The molecule has 9 rings (SSSR count). The van der Waals surface area contributed by atoms with Crippen LogP contribution in [0.1, 0.15) is 24.0 Å². The number of pyridine rings is 6. The van der Waals surface area contributed by atoms with E-state index in [1.54, 1.807) is 24.8 Å². The molecule has 2 amide bonds. The van der Waals surface area contributed by atoms with Crippen LogP contribution in [0.4, 0.5) is 0 Å². The first-order valence-electron chi connectivity index (χ1n) is 22.4. The van der Waals surface area contributed by atoms with Crippen LogP contribution >= 0.6 is 0 Å². The molecule has 1 saturated heterocycles. The molecule has 0 spiro atoms. The van der Waals surface area contributed by atoms with Crippen LogP contribution in [0, 0.1) is 0 Å². The Labute approximate surface area is 384 Å². The van der Waals surface area contributed by atoms with Crippen molar-refractivity contribution in [2.75, 3.05) is 39.3 Å². The number of carbonyl (C=O) groups is 2. The van der Waals surface area contributed by atoms with Crippen molar-refractivity contribution in [2.24, 2.45) is 0 Å². The topological polar surface area (TPSA) is 142 Å². The minimum atomic E-state index is 0.0124. The van der Waals surface area contributed by atoms with Gasteiger partial charge in [-0.15, -0.1) is 0 Å². The van der Waals surface area contributed by atoms with Gasteiger partial charge in [-0.3, -0.25) is 39.3 Å². The van der Waals surface area contributed by atoms with Crippen molar-refractivity contribution in [2.45, 2.75) is 25.9 Å². The smallest absolute Gasteiger partial charge is 0.221 e. The summed E-state index contributed by atoms with van der Waals surface area (Å²) in [5.74, 6) is 0.0247. The molecule has 1 aliphatic heterocycles. The fourth-order valence-electron chi connectivity index (χ4n) is 8.04. The first-order valence-corrected chi connectivity index (χ1v) is 22.4. The number of hydrogen-bond acceptors (Lipinski definition) is 10. The van der Waals surface area contributed by atoms with Crippen LogP contribution in [0.3, 0.4) is 0 Å². The van der Waals surface area contributed by atoms with E-state index in [-0.39, 0.29) is 11.8 Å². The van der Waals surface area contributed by atoms with E-state index in [1.165, 1.54) is 0 Å². The van der Waals surface area contributed by atoms with Crippen molar-refractivity contribution < 1.29 is 9.59 Å². The van der Waals surface area contributed by atoms with Crippen molar-refractivity contribution in [1.29, 1.82) is 0 Å². The third-order valence-electron chi connectivity index (χ3n) is 11.6. The summed E-state index contributed by atoms with van der Waals surface area (Å²) in [6, 6.07) is 48.5. The molecule has 0 aliphatic carbocycles. The first-order chi connectivity index (χ1) is 32.5. The molecule has 1 aliphatic rings. The highest BCUT2D eigenvalue weighted by atomic mass is 16.2. The quantitative estimate of drug-likeness (QED) is 0.138. The molecule has 8 aromatic rings. The zero-order valence-electron chi connectivity index (χ0n) is 36.6. The number of amides is 2. The van der Waals surface area contributed by atoms with Crippen LogP contribution in [0.25, 0.3) is 67.8 Å². The monoisotopic (exact) mass is 870 g/mol. The summed E-state index contributed by atoms with van der Waals surface area (Å²) in [4.78, 5) is 58.8. The fraction of sp³-hybridized carbons (Fsp3) is 0.185. The van der Waals surface area contributed by atoms with E-state index in [4.69, 9.17) is 9.97 Å². The predicted molar refractivity (Wildman–Crippen MR) is 258 cm³/mol. The highest BCUT2D eigenvalue weighted by Crippen LogP contribution is 2.31. The van der Waals surface area contributed by atoms with Gasteiger partial charge in [-0.1, -0.05) is 72.8 Å². The summed E-state index contributed by atoms with van der Waals surface area (Å²) >= 11 is 0. The third kappa shape index (κ3) is 11.5. The van der Waals surface area contributed by atoms with Crippen molar-refractivity contribution in [1.82, 2.24) is 50.3 Å². The van der Waals surface area contributed by atoms with E-state index in [9.17, 15) is 9.59 Å². The molecule has 0 atom stereocenters. The third-order valence-corrected chi connectivity index (χ3v) is 11.6. The summed E-state index contributed by atoms with van der Waals surface area (Å²) in [7, 11) is 0. The Morgan fingerprint density at radius 2 is 0.712 bits per heavy atom. The Morgan fingerprint density at radius 1 is 0.379 bits per heavy atom. The molecule has 0 radical (unpaired) electrons. The van der Waals surface area contributed by atoms with Crippen LogP contribution < -0.4 is 10.6 Å². The lowest BCUT2D eigenvalue weighted by atomic mass is 10.0. The predicted octanol–water partition coefficient (Wildman–Crippen LogP) is 8.39. The zero-order chi connectivity index (χ0) is 44.9. The van der Waals surface area contributed by atoms with Gasteiger partial charge in [0.1, 0.15) is 0 Å². The number of nitrogens with one attached hydrogen (secondary N) is 2. The molecule has 12 nitrogen and oxygen atoms in total. The number of hydrogen-bond donors (Lipinski definition) is 2. The second kappa shape index (κ2) is 21.3. The van der Waals surface area contributed by atoms with Gasteiger partial charge >= 0.3 is 0 Å². The summed E-state index contributed by atoms with van der Waals surface area (Å²) in [6.45, 7) is 4.62. The molecule has 2 aromatic carbocycles. The Morgan fingerprint density at radius 3 is 1.02 bits per heavy atom. The Bertz CT molecular complexity index is 2540. The summed E-state index contributed by atoms with van der Waals surface area (Å²) in [6.07, 6.45) is 7.80. The van der Waals surface area contributed by atoms with E-state index in [0.29, 0.717) is 65.2 Å². The van der Waals surface area contributed by atoms with E-state index in [2.05, 4.69) is 113 Å². The molecule has 66 heavy (non-hydrogen) atoms. The molecular weight excluding hydrogens is 821 g/mol. The van der Waals surface area contributed by atoms with E-state index in [1.807, 2.05) is 72.8 Å². The van der Waals surface area contributed by atoms with Crippen molar-refractivity contribution in [3.8, 4) is 67.8 Å². The van der Waals surface area contributed by atoms with Crippen LogP contribution in [-0.2, 0) is 22.7 Å². The average molecular weight is 871 g/mol. The standard InChI is InChI=1S/C54H50N10O2/c65-53-21-29-63(37-39-13-17-41(18-14-39)43-33-49(45-9-1-5-23-55-45)61-50(34-43)46-10-2-6-24-56-46)31-27-59-54(66)22-30-64(32-28-60-53)38-40-15-19-42(20-16-40)44-35-51(47-11-3-7-25-57-47)62-52(36-44)48-12-4-8-26-58-48/h1-20,23-26,33-36H,21-22,27-32,37-38H2,(H,59,66)(H,60,65). The second-order valence-corrected chi connectivity index (χ2v) is 16.3. The number of rotatable bonds is 10. The molecule has 2 N–H and O–H groups in total. The highest BCUT2D eigenvalue weighted by molar-refractivity contribution is 5.78. The largest absolute Gasteiger partial charge is 0.355 e. The number of carbonyl (C=O) groups excluding carboxylic acids is 2. The molecule has 6 aromatic heterocycles. The Kier molecular flexibility index (Phi) is 14.0. The molecule has 328 valence electrons. The van der Waals surface area contributed by atoms with Gasteiger partial charge in [-0.25, -0.2) is 9.97 Å². The maximum Gasteiger partial charge on any atom is 0.221 e. The van der Waals surface area contributed by atoms with Crippen molar-refractivity contribution in [3.05, 3.63) is 182 Å².